The number of rotatable bonds is 9. The molecule has 2 N–H and O–H groups in total. The fraction of sp³-hybridized carbons (Fsp3) is 0.700. The standard InChI is InChI=1S/C10H17N3O2S3/c1-2-4-11-8(15)7-17-10-13-12-9(18-10)16-6-3-5-14/h14H,2-7H2,1H3,(H,11,15). The largest absolute Gasteiger partial charge is 0.396 e. The summed E-state index contributed by atoms with van der Waals surface area (Å²) < 4.78 is 1.70. The van der Waals surface area contributed by atoms with Crippen molar-refractivity contribution in [1.29, 1.82) is 0 Å². The summed E-state index contributed by atoms with van der Waals surface area (Å²) in [6.07, 6.45) is 1.70. The van der Waals surface area contributed by atoms with E-state index in [-0.39, 0.29) is 12.5 Å². The molecule has 0 aliphatic heterocycles. The highest BCUT2D eigenvalue weighted by atomic mass is 32.2. The van der Waals surface area contributed by atoms with E-state index in [1.165, 1.54) is 23.1 Å². The maximum Gasteiger partial charge on any atom is 0.230 e. The van der Waals surface area contributed by atoms with Crippen molar-refractivity contribution >= 4 is 40.8 Å². The monoisotopic (exact) mass is 307 g/mol. The van der Waals surface area contributed by atoms with Crippen LogP contribution in [0.2, 0.25) is 0 Å². The molecule has 1 amide bonds. The predicted octanol–water partition coefficient (Wildman–Crippen LogP) is 1.63. The lowest BCUT2D eigenvalue weighted by atomic mass is 10.5. The second kappa shape index (κ2) is 9.60. The van der Waals surface area contributed by atoms with Crippen LogP contribution in [0.1, 0.15) is 19.8 Å². The number of thioether (sulfide) groups is 2. The number of amides is 1. The number of carbonyl (C=O) groups excluding carboxylic acids is 1. The molecular formula is C10H17N3O2S3. The third kappa shape index (κ3) is 6.58. The van der Waals surface area contributed by atoms with Crippen LogP contribution in [0.15, 0.2) is 8.68 Å². The molecule has 0 aliphatic rings. The SMILES string of the molecule is CCCNC(=O)CSc1nnc(SCCCO)s1. The van der Waals surface area contributed by atoms with Gasteiger partial charge in [-0.25, -0.2) is 0 Å². The zero-order valence-electron chi connectivity index (χ0n) is 10.2. The maximum absolute atomic E-state index is 11.4. The van der Waals surface area contributed by atoms with Gasteiger partial charge in [-0.15, -0.1) is 10.2 Å². The van der Waals surface area contributed by atoms with Crippen molar-refractivity contribution in [3.8, 4) is 0 Å². The van der Waals surface area contributed by atoms with Crippen LogP contribution < -0.4 is 5.32 Å². The summed E-state index contributed by atoms with van der Waals surface area (Å²) >= 11 is 4.49. The topological polar surface area (TPSA) is 75.1 Å². The van der Waals surface area contributed by atoms with E-state index in [9.17, 15) is 4.79 Å². The molecule has 0 bridgehead atoms. The lowest BCUT2D eigenvalue weighted by molar-refractivity contribution is -0.118. The number of aliphatic hydroxyl groups is 1. The Kier molecular flexibility index (Phi) is 8.40. The van der Waals surface area contributed by atoms with E-state index in [0.717, 1.165) is 33.8 Å². The smallest absolute Gasteiger partial charge is 0.230 e. The molecule has 0 unspecified atom stereocenters. The predicted molar refractivity (Wildman–Crippen MR) is 76.4 cm³/mol. The Bertz CT molecular complexity index is 360. The fourth-order valence-corrected chi connectivity index (χ4v) is 3.83. The van der Waals surface area contributed by atoms with E-state index in [1.807, 2.05) is 6.92 Å². The van der Waals surface area contributed by atoms with E-state index >= 15 is 0 Å². The quantitative estimate of drug-likeness (QED) is 0.533. The van der Waals surface area contributed by atoms with Crippen molar-refractivity contribution in [3.63, 3.8) is 0 Å². The Morgan fingerprint density at radius 3 is 2.78 bits per heavy atom. The molecule has 0 atom stereocenters. The van der Waals surface area contributed by atoms with E-state index in [2.05, 4.69) is 15.5 Å². The first-order valence-corrected chi connectivity index (χ1v) is 8.51. The molecule has 1 heterocycles. The first kappa shape index (κ1) is 15.7. The minimum atomic E-state index is 0.0338. The second-order valence-corrected chi connectivity index (χ2v) is 6.94. The Balaban J connectivity index is 2.24. The fourth-order valence-electron chi connectivity index (χ4n) is 0.981. The molecule has 0 aromatic carbocycles. The molecule has 18 heavy (non-hydrogen) atoms. The molecule has 0 saturated heterocycles. The van der Waals surface area contributed by atoms with Crippen LogP contribution >= 0.6 is 34.9 Å². The third-order valence-electron chi connectivity index (χ3n) is 1.81. The van der Waals surface area contributed by atoms with Crippen LogP contribution in [-0.4, -0.2) is 45.9 Å². The van der Waals surface area contributed by atoms with Crippen LogP contribution in [0.25, 0.3) is 0 Å². The maximum atomic E-state index is 11.4. The van der Waals surface area contributed by atoms with Crippen molar-refractivity contribution < 1.29 is 9.90 Å². The first-order valence-electron chi connectivity index (χ1n) is 5.73. The number of aromatic nitrogens is 2. The van der Waals surface area contributed by atoms with Gasteiger partial charge in [-0.3, -0.25) is 4.79 Å². The lowest BCUT2D eigenvalue weighted by Gasteiger charge is -2.00. The molecule has 102 valence electrons. The van der Waals surface area contributed by atoms with E-state index in [1.54, 1.807) is 11.8 Å². The Labute approximate surface area is 119 Å². The molecule has 1 rings (SSSR count). The number of hydrogen-bond donors (Lipinski definition) is 2. The molecule has 0 saturated carbocycles. The van der Waals surface area contributed by atoms with Gasteiger partial charge in [0.1, 0.15) is 0 Å². The van der Waals surface area contributed by atoms with Crippen LogP contribution in [0, 0.1) is 0 Å². The number of nitrogens with one attached hydrogen (secondary N) is 1. The van der Waals surface area contributed by atoms with Gasteiger partial charge >= 0.3 is 0 Å². The summed E-state index contributed by atoms with van der Waals surface area (Å²) in [7, 11) is 0. The van der Waals surface area contributed by atoms with Crippen LogP contribution in [0.4, 0.5) is 0 Å². The number of carbonyl (C=O) groups is 1. The Morgan fingerprint density at radius 1 is 1.39 bits per heavy atom. The van der Waals surface area contributed by atoms with Gasteiger partial charge in [0.2, 0.25) is 5.91 Å². The average Bonchev–Trinajstić information content (AvgIpc) is 2.82. The highest BCUT2D eigenvalue weighted by Gasteiger charge is 2.07. The molecule has 0 aliphatic carbocycles. The zero-order chi connectivity index (χ0) is 13.2. The summed E-state index contributed by atoms with van der Waals surface area (Å²) in [5.41, 5.74) is 0. The van der Waals surface area contributed by atoms with E-state index in [0.29, 0.717) is 5.75 Å². The normalized spacial score (nSPS) is 10.6. The molecule has 5 nitrogen and oxygen atoms in total. The van der Waals surface area contributed by atoms with E-state index in [4.69, 9.17) is 5.11 Å². The van der Waals surface area contributed by atoms with Gasteiger partial charge in [-0.05, 0) is 12.8 Å². The van der Waals surface area contributed by atoms with Gasteiger partial charge in [0.15, 0.2) is 8.68 Å². The first-order chi connectivity index (χ1) is 8.76. The van der Waals surface area contributed by atoms with Gasteiger partial charge in [0.25, 0.3) is 0 Å². The van der Waals surface area contributed by atoms with Crippen LogP contribution in [0.3, 0.4) is 0 Å². The summed E-state index contributed by atoms with van der Waals surface area (Å²) in [5, 5.41) is 19.5. The minimum Gasteiger partial charge on any atom is -0.396 e. The number of nitrogens with zero attached hydrogens (tertiary/aromatic N) is 2. The molecule has 1 aromatic rings. The third-order valence-corrected chi connectivity index (χ3v) is 5.09. The van der Waals surface area contributed by atoms with Crippen molar-refractivity contribution in [2.75, 3.05) is 24.7 Å². The molecule has 1 aromatic heterocycles. The van der Waals surface area contributed by atoms with E-state index < -0.39 is 0 Å². The molecule has 0 spiro atoms. The molecule has 0 radical (unpaired) electrons. The number of hydrogen-bond acceptors (Lipinski definition) is 7. The van der Waals surface area contributed by atoms with Crippen molar-refractivity contribution in [2.24, 2.45) is 0 Å². The van der Waals surface area contributed by atoms with Gasteiger partial charge in [0, 0.05) is 18.9 Å². The summed E-state index contributed by atoms with van der Waals surface area (Å²) in [6.45, 7) is 2.94. The zero-order valence-corrected chi connectivity index (χ0v) is 12.7. The average molecular weight is 307 g/mol. The van der Waals surface area contributed by atoms with Crippen LogP contribution in [0.5, 0.6) is 0 Å². The summed E-state index contributed by atoms with van der Waals surface area (Å²) in [5.74, 6) is 1.26. The van der Waals surface area contributed by atoms with Crippen LogP contribution in [-0.2, 0) is 4.79 Å². The van der Waals surface area contributed by atoms with Gasteiger partial charge in [-0.1, -0.05) is 41.8 Å². The minimum absolute atomic E-state index is 0.0338. The van der Waals surface area contributed by atoms with Gasteiger partial charge < -0.3 is 10.4 Å². The van der Waals surface area contributed by atoms with Crippen molar-refractivity contribution in [2.45, 2.75) is 28.4 Å². The summed E-state index contributed by atoms with van der Waals surface area (Å²) in [4.78, 5) is 11.4. The van der Waals surface area contributed by atoms with Gasteiger partial charge in [0.05, 0.1) is 5.75 Å². The van der Waals surface area contributed by atoms with Crippen molar-refractivity contribution in [1.82, 2.24) is 15.5 Å². The Hall–Kier alpha value is -0.310. The molecule has 8 heteroatoms. The number of aliphatic hydroxyl groups excluding tert-OH is 1. The molecular weight excluding hydrogens is 290 g/mol. The molecule has 0 fully saturated rings. The summed E-state index contributed by atoms with van der Waals surface area (Å²) in [6, 6.07) is 0. The van der Waals surface area contributed by atoms with Gasteiger partial charge in [-0.2, -0.15) is 0 Å². The second-order valence-electron chi connectivity index (χ2n) is 3.40. The van der Waals surface area contributed by atoms with Crippen molar-refractivity contribution in [3.05, 3.63) is 0 Å². The lowest BCUT2D eigenvalue weighted by Crippen LogP contribution is -2.25. The Morgan fingerprint density at radius 2 is 2.11 bits per heavy atom. The highest BCUT2D eigenvalue weighted by Crippen LogP contribution is 2.28. The highest BCUT2D eigenvalue weighted by molar-refractivity contribution is 8.03.